The van der Waals surface area contributed by atoms with Crippen molar-refractivity contribution < 1.29 is 8.83 Å². The second kappa shape index (κ2) is 11.6. The van der Waals surface area contributed by atoms with Crippen molar-refractivity contribution in [2.24, 2.45) is 0 Å². The van der Waals surface area contributed by atoms with E-state index in [-0.39, 0.29) is 0 Å². The summed E-state index contributed by atoms with van der Waals surface area (Å²) in [6, 6.07) is 67.2. The van der Waals surface area contributed by atoms with Gasteiger partial charge in [0.15, 0.2) is 0 Å². The van der Waals surface area contributed by atoms with Crippen LogP contribution in [0.2, 0.25) is 0 Å². The third-order valence-corrected chi connectivity index (χ3v) is 11.4. The molecule has 0 fully saturated rings. The normalized spacial score (nSPS) is 12.0. The van der Waals surface area contributed by atoms with E-state index in [2.05, 4.69) is 180 Å². The Morgan fingerprint density at radius 1 is 0.327 bits per heavy atom. The van der Waals surface area contributed by atoms with Crippen LogP contribution < -0.4 is 0 Å². The number of para-hydroxylation sites is 3. The van der Waals surface area contributed by atoms with Gasteiger partial charge in [0.25, 0.3) is 0 Å². The van der Waals surface area contributed by atoms with Crippen molar-refractivity contribution in [1.82, 2.24) is 4.57 Å². The van der Waals surface area contributed by atoms with E-state index in [1.54, 1.807) is 0 Å². The Labute approximate surface area is 315 Å². The van der Waals surface area contributed by atoms with Gasteiger partial charge in [-0.2, -0.15) is 0 Å². The van der Waals surface area contributed by atoms with Crippen molar-refractivity contribution in [3.05, 3.63) is 188 Å². The maximum Gasteiger partial charge on any atom is 0.143 e. The Balaban J connectivity index is 1.24. The van der Waals surface area contributed by atoms with Gasteiger partial charge in [-0.3, -0.25) is 0 Å². The Morgan fingerprint density at radius 2 is 0.891 bits per heavy atom. The van der Waals surface area contributed by atoms with Crippen LogP contribution in [0.3, 0.4) is 0 Å². The van der Waals surface area contributed by atoms with Gasteiger partial charge in [-0.05, 0) is 69.1 Å². The zero-order valence-electron chi connectivity index (χ0n) is 29.7. The second-order valence-electron chi connectivity index (χ2n) is 14.3. The van der Waals surface area contributed by atoms with E-state index < -0.39 is 0 Å². The zero-order chi connectivity index (χ0) is 36.0. The van der Waals surface area contributed by atoms with E-state index in [4.69, 9.17) is 8.83 Å². The standard InChI is InChI=1S/C52H31NO2/c1-3-16-32(17-4-1)52-51(42-30-41-34-20-12-14-29-45(34)54-46(41)31-47(42)55-52)50-37-23-9-7-21-35(37)48(36-22-8-10-24-38(36)50)40-26-15-28-44-49(40)39-25-11-13-27-43(39)53(44)33-18-5-2-6-19-33/h1-31H. The number of aromatic nitrogens is 1. The summed E-state index contributed by atoms with van der Waals surface area (Å²) in [5.41, 5.74) is 11.8. The average molecular weight is 702 g/mol. The van der Waals surface area contributed by atoms with Crippen molar-refractivity contribution in [1.29, 1.82) is 0 Å². The molecule has 3 aromatic heterocycles. The van der Waals surface area contributed by atoms with E-state index in [1.807, 2.05) is 12.1 Å². The van der Waals surface area contributed by atoms with Gasteiger partial charge in [0.1, 0.15) is 22.5 Å². The molecule has 9 aromatic carbocycles. The van der Waals surface area contributed by atoms with Crippen LogP contribution in [0.5, 0.6) is 0 Å². The van der Waals surface area contributed by atoms with E-state index in [0.29, 0.717) is 0 Å². The molecule has 0 spiro atoms. The summed E-state index contributed by atoms with van der Waals surface area (Å²) in [6.45, 7) is 0. The number of rotatable bonds is 4. The fourth-order valence-corrected chi connectivity index (χ4v) is 9.13. The summed E-state index contributed by atoms with van der Waals surface area (Å²) >= 11 is 0. The third-order valence-electron chi connectivity index (χ3n) is 11.4. The summed E-state index contributed by atoms with van der Waals surface area (Å²) in [5, 5.41) is 10.5. The molecule has 3 heteroatoms. The number of hydrogen-bond acceptors (Lipinski definition) is 2. The van der Waals surface area contributed by atoms with Crippen molar-refractivity contribution in [3.8, 4) is 39.3 Å². The molecule has 256 valence electrons. The lowest BCUT2D eigenvalue weighted by Crippen LogP contribution is -1.94. The molecule has 0 aliphatic carbocycles. The second-order valence-corrected chi connectivity index (χ2v) is 14.3. The molecule has 0 radical (unpaired) electrons. The minimum Gasteiger partial charge on any atom is -0.456 e. The third kappa shape index (κ3) is 4.32. The molecule has 0 unspecified atom stereocenters. The van der Waals surface area contributed by atoms with Crippen molar-refractivity contribution in [2.45, 2.75) is 0 Å². The first-order valence-corrected chi connectivity index (χ1v) is 18.8. The Bertz CT molecular complexity index is 3420. The van der Waals surface area contributed by atoms with Crippen LogP contribution in [-0.4, -0.2) is 4.57 Å². The number of hydrogen-bond donors (Lipinski definition) is 0. The first-order chi connectivity index (χ1) is 27.3. The SMILES string of the molecule is c1ccc(-c2oc3cc4oc5ccccc5c4cc3c2-c2c3ccccc3c(-c3cccc4c3c3ccccc3n4-c3ccccc3)c3ccccc23)cc1. The van der Waals surface area contributed by atoms with Crippen LogP contribution in [-0.2, 0) is 0 Å². The van der Waals surface area contributed by atoms with Gasteiger partial charge in [0.05, 0.1) is 11.0 Å². The molecule has 0 saturated carbocycles. The van der Waals surface area contributed by atoms with Crippen LogP contribution >= 0.6 is 0 Å². The van der Waals surface area contributed by atoms with Crippen LogP contribution in [0.1, 0.15) is 0 Å². The molecular formula is C52H31NO2. The minimum absolute atomic E-state index is 0.802. The van der Waals surface area contributed by atoms with Gasteiger partial charge < -0.3 is 13.4 Å². The van der Waals surface area contributed by atoms with Gasteiger partial charge in [-0.25, -0.2) is 0 Å². The molecule has 12 rings (SSSR count). The largest absolute Gasteiger partial charge is 0.456 e. The average Bonchev–Trinajstić information content (AvgIpc) is 3.92. The Morgan fingerprint density at radius 3 is 1.62 bits per heavy atom. The van der Waals surface area contributed by atoms with Crippen LogP contribution in [0.25, 0.3) is 116 Å². The maximum atomic E-state index is 6.94. The quantitative estimate of drug-likeness (QED) is 0.171. The lowest BCUT2D eigenvalue weighted by molar-refractivity contribution is 0.629. The van der Waals surface area contributed by atoms with Gasteiger partial charge >= 0.3 is 0 Å². The molecular weight excluding hydrogens is 671 g/mol. The summed E-state index contributed by atoms with van der Waals surface area (Å²) in [5.74, 6) is 0.851. The smallest absolute Gasteiger partial charge is 0.143 e. The first kappa shape index (κ1) is 30.1. The highest BCUT2D eigenvalue weighted by Crippen LogP contribution is 2.52. The van der Waals surface area contributed by atoms with Crippen LogP contribution in [0.4, 0.5) is 0 Å². The van der Waals surface area contributed by atoms with E-state index >= 15 is 0 Å². The molecule has 3 nitrogen and oxygen atoms in total. The fraction of sp³-hybridized carbons (Fsp3) is 0. The van der Waals surface area contributed by atoms with Crippen LogP contribution in [0.15, 0.2) is 197 Å². The lowest BCUT2D eigenvalue weighted by Gasteiger charge is -2.19. The molecule has 0 N–H and O–H groups in total. The summed E-state index contributed by atoms with van der Waals surface area (Å²) in [7, 11) is 0. The zero-order valence-corrected chi connectivity index (χ0v) is 29.7. The number of fused-ring (bicyclic) bond motifs is 9. The summed E-state index contributed by atoms with van der Waals surface area (Å²) in [4.78, 5) is 0. The van der Waals surface area contributed by atoms with Gasteiger partial charge in [0.2, 0.25) is 0 Å². The topological polar surface area (TPSA) is 31.2 Å². The van der Waals surface area contributed by atoms with Crippen molar-refractivity contribution in [2.75, 3.05) is 0 Å². The Kier molecular flexibility index (Phi) is 6.34. The van der Waals surface area contributed by atoms with Gasteiger partial charge in [-0.15, -0.1) is 0 Å². The van der Waals surface area contributed by atoms with E-state index in [9.17, 15) is 0 Å². The van der Waals surface area contributed by atoms with E-state index in [1.165, 1.54) is 60.0 Å². The fourth-order valence-electron chi connectivity index (χ4n) is 9.13. The minimum atomic E-state index is 0.802. The molecule has 12 aromatic rings. The molecule has 0 saturated heterocycles. The predicted octanol–water partition coefficient (Wildman–Crippen LogP) is 14.7. The van der Waals surface area contributed by atoms with Crippen LogP contribution in [0, 0.1) is 0 Å². The molecule has 0 aliphatic rings. The monoisotopic (exact) mass is 701 g/mol. The first-order valence-electron chi connectivity index (χ1n) is 18.8. The number of furan rings is 2. The highest BCUT2D eigenvalue weighted by molar-refractivity contribution is 6.29. The molecule has 0 amide bonds. The van der Waals surface area contributed by atoms with Gasteiger partial charge in [0, 0.05) is 55.4 Å². The highest BCUT2D eigenvalue weighted by atomic mass is 16.3. The number of benzene rings is 9. The lowest BCUT2D eigenvalue weighted by atomic mass is 9.83. The Hall–Kier alpha value is -7.36. The molecule has 3 heterocycles. The molecule has 0 atom stereocenters. The molecule has 0 bridgehead atoms. The number of nitrogens with zero attached hydrogens (tertiary/aromatic N) is 1. The van der Waals surface area contributed by atoms with Crippen molar-refractivity contribution >= 4 is 76.3 Å². The predicted molar refractivity (Wildman–Crippen MR) is 229 cm³/mol. The van der Waals surface area contributed by atoms with E-state index in [0.717, 1.165) is 55.5 Å². The highest BCUT2D eigenvalue weighted by Gasteiger charge is 2.26. The molecule has 0 aliphatic heterocycles. The van der Waals surface area contributed by atoms with Crippen molar-refractivity contribution in [3.63, 3.8) is 0 Å². The summed E-state index contributed by atoms with van der Waals surface area (Å²) < 4.78 is 15.7. The maximum absolute atomic E-state index is 6.94. The molecule has 55 heavy (non-hydrogen) atoms. The summed E-state index contributed by atoms with van der Waals surface area (Å²) in [6.07, 6.45) is 0. The van der Waals surface area contributed by atoms with Gasteiger partial charge in [-0.1, -0.05) is 146 Å².